The van der Waals surface area contributed by atoms with Crippen molar-refractivity contribution in [2.24, 2.45) is 0 Å². The molecule has 2 aromatic carbocycles. The van der Waals surface area contributed by atoms with Crippen molar-refractivity contribution < 1.29 is 21.6 Å². The maximum atomic E-state index is 12.8. The molecule has 0 unspecified atom stereocenters. The van der Waals surface area contributed by atoms with Crippen molar-refractivity contribution in [3.05, 3.63) is 53.6 Å². The Hall–Kier alpha value is -3.25. The van der Waals surface area contributed by atoms with E-state index in [0.29, 0.717) is 27.7 Å². The maximum absolute atomic E-state index is 12.8. The van der Waals surface area contributed by atoms with E-state index >= 15 is 0 Å². The second-order valence-corrected chi connectivity index (χ2v) is 9.92. The van der Waals surface area contributed by atoms with Gasteiger partial charge in [-0.15, -0.1) is 0 Å². The summed E-state index contributed by atoms with van der Waals surface area (Å²) in [6.45, 7) is 3.87. The monoisotopic (exact) mass is 479 g/mol. The Kier molecular flexibility index (Phi) is 5.29. The first-order valence-corrected chi connectivity index (χ1v) is 11.5. The standard InChI is InChI=1S/C20H16F3N5O2S2/c1-10-4-3-5-11(2)14(10)16-27-17(15-18(28-16)31-19(24)26-15)25-12-6-8-13(9-7-12)32(29,30)20(21,22)23/h3-9H,1-2H3,(H2,24,26)(H,25,27,28). The molecule has 0 fully saturated rings. The molecule has 0 saturated heterocycles. The number of anilines is 3. The lowest BCUT2D eigenvalue weighted by atomic mass is 10.0. The molecular formula is C20H16F3N5O2S2. The number of sulfone groups is 1. The third kappa shape index (κ3) is 3.86. The van der Waals surface area contributed by atoms with Crippen LogP contribution in [-0.4, -0.2) is 28.9 Å². The molecule has 0 aliphatic rings. The van der Waals surface area contributed by atoms with Gasteiger partial charge in [0, 0.05) is 11.3 Å². The van der Waals surface area contributed by atoms with Crippen molar-refractivity contribution in [3.63, 3.8) is 0 Å². The zero-order valence-electron chi connectivity index (χ0n) is 16.7. The number of nitrogens with two attached hydrogens (primary N) is 1. The number of halogens is 3. The van der Waals surface area contributed by atoms with Gasteiger partial charge in [-0.3, -0.25) is 0 Å². The molecule has 0 aliphatic carbocycles. The van der Waals surface area contributed by atoms with Crippen molar-refractivity contribution in [2.75, 3.05) is 11.1 Å². The Morgan fingerprint density at radius 2 is 1.59 bits per heavy atom. The van der Waals surface area contributed by atoms with Crippen molar-refractivity contribution in [1.29, 1.82) is 0 Å². The molecule has 0 saturated carbocycles. The third-order valence-corrected chi connectivity index (χ3v) is 6.99. The Bertz CT molecular complexity index is 1410. The van der Waals surface area contributed by atoms with Crippen molar-refractivity contribution in [1.82, 2.24) is 15.0 Å². The van der Waals surface area contributed by atoms with Gasteiger partial charge in [-0.05, 0) is 49.2 Å². The first-order chi connectivity index (χ1) is 15.0. The van der Waals surface area contributed by atoms with Crippen LogP contribution in [0.5, 0.6) is 0 Å². The van der Waals surface area contributed by atoms with Crippen LogP contribution in [0, 0.1) is 13.8 Å². The number of aromatic nitrogens is 3. The summed E-state index contributed by atoms with van der Waals surface area (Å²) in [5, 5.41) is 3.27. The second-order valence-electron chi connectivity index (χ2n) is 6.97. The normalized spacial score (nSPS) is 12.3. The Balaban J connectivity index is 1.78. The van der Waals surface area contributed by atoms with Crippen LogP contribution in [0.25, 0.3) is 21.7 Å². The molecule has 0 atom stereocenters. The summed E-state index contributed by atoms with van der Waals surface area (Å²) < 4.78 is 61.5. The van der Waals surface area contributed by atoms with Crippen molar-refractivity contribution >= 4 is 48.2 Å². The summed E-state index contributed by atoms with van der Waals surface area (Å²) in [7, 11) is -5.43. The summed E-state index contributed by atoms with van der Waals surface area (Å²) >= 11 is 1.18. The molecule has 2 aromatic heterocycles. The van der Waals surface area contributed by atoms with Gasteiger partial charge in [0.25, 0.3) is 9.84 Å². The van der Waals surface area contributed by atoms with Crippen molar-refractivity contribution in [2.45, 2.75) is 24.3 Å². The summed E-state index contributed by atoms with van der Waals surface area (Å²) in [5.74, 6) is 0.738. The topological polar surface area (TPSA) is 111 Å². The molecule has 166 valence electrons. The van der Waals surface area contributed by atoms with Crippen LogP contribution >= 0.6 is 11.3 Å². The molecule has 3 N–H and O–H groups in total. The van der Waals surface area contributed by atoms with Crippen LogP contribution in [0.15, 0.2) is 47.4 Å². The van der Waals surface area contributed by atoms with Crippen LogP contribution in [0.3, 0.4) is 0 Å². The van der Waals surface area contributed by atoms with Gasteiger partial charge < -0.3 is 11.1 Å². The van der Waals surface area contributed by atoms with Crippen LogP contribution < -0.4 is 11.1 Å². The first kappa shape index (κ1) is 22.0. The molecular weight excluding hydrogens is 463 g/mol. The highest BCUT2D eigenvalue weighted by molar-refractivity contribution is 7.92. The number of nitrogens with one attached hydrogen (secondary N) is 1. The molecule has 4 aromatic rings. The largest absolute Gasteiger partial charge is 0.501 e. The second kappa shape index (κ2) is 7.71. The number of fused-ring (bicyclic) bond motifs is 1. The lowest BCUT2D eigenvalue weighted by Crippen LogP contribution is -2.23. The van der Waals surface area contributed by atoms with E-state index in [1.807, 2.05) is 32.0 Å². The number of nitrogens with zero attached hydrogens (tertiary/aromatic N) is 3. The Morgan fingerprint density at radius 1 is 0.969 bits per heavy atom. The minimum atomic E-state index is -5.43. The van der Waals surface area contributed by atoms with Crippen molar-refractivity contribution in [3.8, 4) is 11.4 Å². The zero-order valence-corrected chi connectivity index (χ0v) is 18.4. The van der Waals surface area contributed by atoms with Gasteiger partial charge in [-0.25, -0.2) is 23.4 Å². The fraction of sp³-hybridized carbons (Fsp3) is 0.150. The van der Waals surface area contributed by atoms with E-state index < -0.39 is 20.2 Å². The summed E-state index contributed by atoms with van der Waals surface area (Å²) in [5.41, 5.74) is 3.97. The van der Waals surface area contributed by atoms with Crippen LogP contribution in [-0.2, 0) is 9.84 Å². The van der Waals surface area contributed by atoms with Gasteiger partial charge >= 0.3 is 5.51 Å². The fourth-order valence-corrected chi connectivity index (χ4v) is 4.66. The van der Waals surface area contributed by atoms with E-state index in [1.165, 1.54) is 23.5 Å². The maximum Gasteiger partial charge on any atom is 0.501 e. The summed E-state index contributed by atoms with van der Waals surface area (Å²) in [6, 6.07) is 10.00. The lowest BCUT2D eigenvalue weighted by molar-refractivity contribution is -0.0436. The number of nitrogen functional groups attached to an aromatic ring is 1. The fourth-order valence-electron chi connectivity index (χ4n) is 3.19. The number of rotatable bonds is 4. The molecule has 0 bridgehead atoms. The molecule has 7 nitrogen and oxygen atoms in total. The number of benzene rings is 2. The van der Waals surface area contributed by atoms with E-state index in [0.717, 1.165) is 28.8 Å². The third-order valence-electron chi connectivity index (χ3n) is 4.71. The van der Waals surface area contributed by atoms with E-state index in [4.69, 9.17) is 5.73 Å². The zero-order chi connectivity index (χ0) is 23.3. The van der Waals surface area contributed by atoms with Gasteiger partial charge in [-0.2, -0.15) is 13.2 Å². The van der Waals surface area contributed by atoms with E-state index in [-0.39, 0.29) is 5.13 Å². The quantitative estimate of drug-likeness (QED) is 0.424. The average Bonchev–Trinajstić information content (AvgIpc) is 3.08. The van der Waals surface area contributed by atoms with Crippen LogP contribution in [0.1, 0.15) is 11.1 Å². The predicted octanol–water partition coefficient (Wildman–Crippen LogP) is 4.99. The minimum absolute atomic E-state index is 0.280. The smallest absolute Gasteiger partial charge is 0.375 e. The molecule has 32 heavy (non-hydrogen) atoms. The first-order valence-electron chi connectivity index (χ1n) is 9.16. The molecule has 0 spiro atoms. The van der Waals surface area contributed by atoms with E-state index in [9.17, 15) is 21.6 Å². The van der Waals surface area contributed by atoms with Gasteiger partial charge in [0.15, 0.2) is 21.6 Å². The molecule has 0 aliphatic heterocycles. The number of thiazole rings is 1. The lowest BCUT2D eigenvalue weighted by Gasteiger charge is -2.12. The number of hydrogen-bond donors (Lipinski definition) is 2. The Morgan fingerprint density at radius 3 is 2.19 bits per heavy atom. The predicted molar refractivity (Wildman–Crippen MR) is 117 cm³/mol. The molecule has 0 radical (unpaired) electrons. The highest BCUT2D eigenvalue weighted by atomic mass is 32.2. The van der Waals surface area contributed by atoms with E-state index in [2.05, 4.69) is 20.3 Å². The average molecular weight is 480 g/mol. The number of hydrogen-bond acceptors (Lipinski definition) is 8. The van der Waals surface area contributed by atoms with E-state index in [1.54, 1.807) is 0 Å². The molecule has 2 heterocycles. The molecule has 0 amide bonds. The highest BCUT2D eigenvalue weighted by Gasteiger charge is 2.46. The van der Waals surface area contributed by atoms with Crippen LogP contribution in [0.4, 0.5) is 29.8 Å². The SMILES string of the molecule is Cc1cccc(C)c1-c1nc(Nc2ccc(S(=O)(=O)C(F)(F)F)cc2)c2nc(N)sc2n1. The minimum Gasteiger partial charge on any atom is -0.375 e. The summed E-state index contributed by atoms with van der Waals surface area (Å²) in [4.78, 5) is 13.1. The molecule has 4 rings (SSSR count). The number of alkyl halides is 3. The van der Waals surface area contributed by atoms with Gasteiger partial charge in [0.2, 0.25) is 0 Å². The van der Waals surface area contributed by atoms with Crippen LogP contribution in [0.2, 0.25) is 0 Å². The molecule has 12 heteroatoms. The van der Waals surface area contributed by atoms with Gasteiger partial charge in [-0.1, -0.05) is 29.5 Å². The van der Waals surface area contributed by atoms with Gasteiger partial charge in [0.1, 0.15) is 5.52 Å². The Labute approximate surface area is 185 Å². The summed E-state index contributed by atoms with van der Waals surface area (Å²) in [6.07, 6.45) is 0. The highest BCUT2D eigenvalue weighted by Crippen LogP contribution is 2.34. The number of aryl methyl sites for hydroxylation is 2. The van der Waals surface area contributed by atoms with Gasteiger partial charge in [0.05, 0.1) is 4.90 Å².